The Morgan fingerprint density at radius 1 is 1.06 bits per heavy atom. The molecule has 0 unspecified atom stereocenters. The zero-order valence-electron chi connectivity index (χ0n) is 10.9. The van der Waals surface area contributed by atoms with Crippen LogP contribution in [0.4, 0.5) is 0 Å². The van der Waals surface area contributed by atoms with Gasteiger partial charge in [-0.05, 0) is 50.0 Å². The largest absolute Gasteiger partial charge is 0.377 e. The smallest absolute Gasteiger partial charge is 0.0716 e. The lowest BCUT2D eigenvalue weighted by Crippen LogP contribution is -2.31. The summed E-state index contributed by atoms with van der Waals surface area (Å²) >= 11 is 5.84. The second kappa shape index (κ2) is 7.78. The normalized spacial score (nSPS) is 16.9. The van der Waals surface area contributed by atoms with Crippen molar-refractivity contribution in [2.75, 3.05) is 26.2 Å². The van der Waals surface area contributed by atoms with E-state index in [1.54, 1.807) is 0 Å². The molecule has 0 bridgehead atoms. The Bertz CT molecular complexity index is 333. The van der Waals surface area contributed by atoms with Crippen LogP contribution in [0.5, 0.6) is 0 Å². The summed E-state index contributed by atoms with van der Waals surface area (Å²) in [7, 11) is 0. The zero-order chi connectivity index (χ0) is 12.6. The number of benzene rings is 1. The molecule has 18 heavy (non-hydrogen) atoms. The monoisotopic (exact) mass is 267 g/mol. The molecule has 100 valence electrons. The van der Waals surface area contributed by atoms with Crippen LogP contribution in [-0.4, -0.2) is 31.1 Å². The van der Waals surface area contributed by atoms with Gasteiger partial charge in [0.1, 0.15) is 0 Å². The number of rotatable bonds is 6. The van der Waals surface area contributed by atoms with Gasteiger partial charge < -0.3 is 9.64 Å². The lowest BCUT2D eigenvalue weighted by atomic mass is 10.1. The first-order chi connectivity index (χ1) is 8.84. The van der Waals surface area contributed by atoms with Crippen molar-refractivity contribution in [3.8, 4) is 0 Å². The fraction of sp³-hybridized carbons (Fsp3) is 0.600. The second-order valence-electron chi connectivity index (χ2n) is 4.93. The molecule has 0 spiro atoms. The molecular formula is C15H22ClNO. The average molecular weight is 268 g/mol. The second-order valence-corrected chi connectivity index (χ2v) is 5.37. The summed E-state index contributed by atoms with van der Waals surface area (Å²) < 4.78 is 5.68. The van der Waals surface area contributed by atoms with Gasteiger partial charge in [-0.25, -0.2) is 0 Å². The molecule has 0 aliphatic carbocycles. The van der Waals surface area contributed by atoms with E-state index in [0.29, 0.717) is 6.61 Å². The number of piperidine rings is 1. The van der Waals surface area contributed by atoms with E-state index in [1.807, 2.05) is 24.3 Å². The highest BCUT2D eigenvalue weighted by atomic mass is 35.5. The van der Waals surface area contributed by atoms with Crippen LogP contribution in [0.1, 0.15) is 31.2 Å². The van der Waals surface area contributed by atoms with Gasteiger partial charge in [0.2, 0.25) is 0 Å². The van der Waals surface area contributed by atoms with Crippen LogP contribution >= 0.6 is 11.6 Å². The molecular weight excluding hydrogens is 246 g/mol. The summed E-state index contributed by atoms with van der Waals surface area (Å²) in [6.45, 7) is 5.27. The Balaban J connectivity index is 1.54. The summed E-state index contributed by atoms with van der Waals surface area (Å²) in [5.74, 6) is 0. The van der Waals surface area contributed by atoms with Crippen molar-refractivity contribution in [1.29, 1.82) is 0 Å². The third-order valence-corrected chi connectivity index (χ3v) is 3.65. The molecule has 1 heterocycles. The Labute approximate surface area is 115 Å². The predicted octanol–water partition coefficient (Wildman–Crippen LogP) is 3.73. The average Bonchev–Trinajstić information content (AvgIpc) is 2.42. The highest BCUT2D eigenvalue weighted by molar-refractivity contribution is 6.30. The van der Waals surface area contributed by atoms with Gasteiger partial charge in [0, 0.05) is 18.2 Å². The van der Waals surface area contributed by atoms with Gasteiger partial charge in [-0.15, -0.1) is 0 Å². The Hall–Kier alpha value is -0.570. The van der Waals surface area contributed by atoms with Crippen molar-refractivity contribution < 1.29 is 4.74 Å². The van der Waals surface area contributed by atoms with E-state index < -0.39 is 0 Å². The molecule has 2 nitrogen and oxygen atoms in total. The molecule has 1 aromatic rings. The van der Waals surface area contributed by atoms with Crippen LogP contribution in [0.2, 0.25) is 5.02 Å². The standard InChI is InChI=1S/C15H22ClNO/c16-15-7-5-14(6-8-15)13-18-12-4-11-17-9-2-1-3-10-17/h5-8H,1-4,9-13H2. The van der Waals surface area contributed by atoms with Crippen molar-refractivity contribution in [1.82, 2.24) is 4.90 Å². The number of likely N-dealkylation sites (tertiary alicyclic amines) is 1. The van der Waals surface area contributed by atoms with Crippen LogP contribution in [0, 0.1) is 0 Å². The zero-order valence-corrected chi connectivity index (χ0v) is 11.7. The predicted molar refractivity (Wildman–Crippen MR) is 76.0 cm³/mol. The number of hydrogen-bond donors (Lipinski definition) is 0. The van der Waals surface area contributed by atoms with E-state index in [-0.39, 0.29) is 0 Å². The molecule has 1 aliphatic rings. The summed E-state index contributed by atoms with van der Waals surface area (Å²) in [5.41, 5.74) is 1.19. The minimum absolute atomic E-state index is 0.692. The molecule has 3 heteroatoms. The minimum Gasteiger partial charge on any atom is -0.377 e. The summed E-state index contributed by atoms with van der Waals surface area (Å²) in [6, 6.07) is 7.86. The van der Waals surface area contributed by atoms with Crippen LogP contribution in [0.25, 0.3) is 0 Å². The fourth-order valence-corrected chi connectivity index (χ4v) is 2.47. The van der Waals surface area contributed by atoms with Crippen LogP contribution < -0.4 is 0 Å². The maximum absolute atomic E-state index is 5.84. The molecule has 1 saturated heterocycles. The minimum atomic E-state index is 0.692. The van der Waals surface area contributed by atoms with Gasteiger partial charge in [0.05, 0.1) is 6.61 Å². The number of hydrogen-bond acceptors (Lipinski definition) is 2. The van der Waals surface area contributed by atoms with E-state index in [2.05, 4.69) is 4.90 Å². The lowest BCUT2D eigenvalue weighted by molar-refractivity contribution is 0.105. The first kappa shape index (κ1) is 13.9. The molecule has 0 N–H and O–H groups in total. The Kier molecular flexibility index (Phi) is 5.98. The topological polar surface area (TPSA) is 12.5 Å². The highest BCUT2D eigenvalue weighted by Crippen LogP contribution is 2.11. The van der Waals surface area contributed by atoms with Crippen LogP contribution in [-0.2, 0) is 11.3 Å². The molecule has 1 aliphatic heterocycles. The van der Waals surface area contributed by atoms with Crippen molar-refractivity contribution in [2.45, 2.75) is 32.3 Å². The van der Waals surface area contributed by atoms with E-state index in [9.17, 15) is 0 Å². The number of nitrogens with zero attached hydrogens (tertiary/aromatic N) is 1. The van der Waals surface area contributed by atoms with Gasteiger partial charge in [-0.1, -0.05) is 30.2 Å². The van der Waals surface area contributed by atoms with E-state index >= 15 is 0 Å². The fourth-order valence-electron chi connectivity index (χ4n) is 2.34. The van der Waals surface area contributed by atoms with Crippen molar-refractivity contribution in [2.24, 2.45) is 0 Å². The molecule has 0 radical (unpaired) electrons. The van der Waals surface area contributed by atoms with Crippen molar-refractivity contribution in [3.63, 3.8) is 0 Å². The van der Waals surface area contributed by atoms with E-state index in [4.69, 9.17) is 16.3 Å². The molecule has 1 fully saturated rings. The Morgan fingerprint density at radius 2 is 1.78 bits per heavy atom. The third kappa shape index (κ3) is 4.97. The first-order valence-electron chi connectivity index (χ1n) is 6.89. The number of halogens is 1. The molecule has 2 rings (SSSR count). The third-order valence-electron chi connectivity index (χ3n) is 3.39. The molecule has 0 aromatic heterocycles. The summed E-state index contributed by atoms with van der Waals surface area (Å²) in [6.07, 6.45) is 5.27. The molecule has 0 atom stereocenters. The van der Waals surface area contributed by atoms with Gasteiger partial charge in [-0.2, -0.15) is 0 Å². The van der Waals surface area contributed by atoms with Crippen molar-refractivity contribution in [3.05, 3.63) is 34.9 Å². The van der Waals surface area contributed by atoms with Crippen LogP contribution in [0.15, 0.2) is 24.3 Å². The van der Waals surface area contributed by atoms with Gasteiger partial charge in [0.25, 0.3) is 0 Å². The highest BCUT2D eigenvalue weighted by Gasteiger charge is 2.08. The van der Waals surface area contributed by atoms with Crippen LogP contribution in [0.3, 0.4) is 0 Å². The van der Waals surface area contributed by atoms with E-state index in [0.717, 1.165) is 18.1 Å². The maximum atomic E-state index is 5.84. The maximum Gasteiger partial charge on any atom is 0.0716 e. The number of ether oxygens (including phenoxy) is 1. The summed E-state index contributed by atoms with van der Waals surface area (Å²) in [5, 5.41) is 0.781. The van der Waals surface area contributed by atoms with Gasteiger partial charge >= 0.3 is 0 Å². The van der Waals surface area contributed by atoms with Gasteiger partial charge in [-0.3, -0.25) is 0 Å². The van der Waals surface area contributed by atoms with E-state index in [1.165, 1.54) is 44.5 Å². The first-order valence-corrected chi connectivity index (χ1v) is 7.27. The SMILES string of the molecule is Clc1ccc(COCCCN2CCCCC2)cc1. The quantitative estimate of drug-likeness (QED) is 0.728. The summed E-state index contributed by atoms with van der Waals surface area (Å²) in [4.78, 5) is 2.55. The van der Waals surface area contributed by atoms with Gasteiger partial charge in [0.15, 0.2) is 0 Å². The molecule has 0 saturated carbocycles. The lowest BCUT2D eigenvalue weighted by Gasteiger charge is -2.26. The molecule has 0 amide bonds. The molecule has 1 aromatic carbocycles. The Morgan fingerprint density at radius 3 is 2.50 bits per heavy atom. The van der Waals surface area contributed by atoms with Crippen molar-refractivity contribution >= 4 is 11.6 Å².